The zero-order valence-corrected chi connectivity index (χ0v) is 11.2. The van der Waals surface area contributed by atoms with Crippen molar-refractivity contribution in [3.8, 4) is 0 Å². The van der Waals surface area contributed by atoms with Gasteiger partial charge in [-0.1, -0.05) is 19.3 Å². The summed E-state index contributed by atoms with van der Waals surface area (Å²) >= 11 is 0. The van der Waals surface area contributed by atoms with E-state index in [1.54, 1.807) is 0 Å². The van der Waals surface area contributed by atoms with E-state index in [9.17, 15) is 4.79 Å². The van der Waals surface area contributed by atoms with Gasteiger partial charge in [0.15, 0.2) is 0 Å². The summed E-state index contributed by atoms with van der Waals surface area (Å²) in [6, 6.07) is 0. The first kappa shape index (κ1) is 12.6. The minimum Gasteiger partial charge on any atom is -0.381 e. The molecule has 3 nitrogen and oxygen atoms in total. The summed E-state index contributed by atoms with van der Waals surface area (Å²) in [5.74, 6) is 1.47. The molecule has 2 saturated heterocycles. The highest BCUT2D eigenvalue weighted by atomic mass is 16.5. The molecule has 1 unspecified atom stereocenters. The summed E-state index contributed by atoms with van der Waals surface area (Å²) in [5, 5.41) is 0. The average molecular weight is 252 g/mol. The molecule has 1 spiro atoms. The van der Waals surface area contributed by atoms with Crippen LogP contribution >= 0.6 is 0 Å². The first-order valence-electron chi connectivity index (χ1n) is 7.52. The van der Waals surface area contributed by atoms with E-state index in [1.807, 2.05) is 0 Å². The van der Waals surface area contributed by atoms with Crippen LogP contribution in [-0.4, -0.2) is 31.2 Å². The Balaban J connectivity index is 1.56. The maximum Gasteiger partial charge on any atom is 0.136 e. The largest absolute Gasteiger partial charge is 0.381 e. The van der Waals surface area contributed by atoms with Crippen molar-refractivity contribution >= 4 is 5.78 Å². The molecule has 0 aromatic rings. The van der Waals surface area contributed by atoms with Crippen LogP contribution in [0, 0.1) is 11.8 Å². The molecular formula is C15H24O3. The highest BCUT2D eigenvalue weighted by molar-refractivity contribution is 5.81. The van der Waals surface area contributed by atoms with Crippen LogP contribution in [0.4, 0.5) is 0 Å². The van der Waals surface area contributed by atoms with Crippen molar-refractivity contribution in [1.29, 1.82) is 0 Å². The smallest absolute Gasteiger partial charge is 0.136 e. The van der Waals surface area contributed by atoms with Crippen molar-refractivity contribution in [3.05, 3.63) is 0 Å². The number of rotatable bonds is 3. The molecule has 1 aliphatic carbocycles. The van der Waals surface area contributed by atoms with Crippen molar-refractivity contribution < 1.29 is 14.3 Å². The molecular weight excluding hydrogens is 228 g/mol. The zero-order valence-electron chi connectivity index (χ0n) is 11.2. The third kappa shape index (κ3) is 2.62. The topological polar surface area (TPSA) is 35.5 Å². The van der Waals surface area contributed by atoms with E-state index in [0.717, 1.165) is 51.9 Å². The third-order valence-corrected chi connectivity index (χ3v) is 5.07. The van der Waals surface area contributed by atoms with Crippen LogP contribution in [0.25, 0.3) is 0 Å². The molecule has 18 heavy (non-hydrogen) atoms. The summed E-state index contributed by atoms with van der Waals surface area (Å²) < 4.78 is 11.4. The molecule has 0 bridgehead atoms. The molecule has 2 heterocycles. The number of carbonyl (C=O) groups is 1. The molecule has 1 atom stereocenters. The van der Waals surface area contributed by atoms with E-state index >= 15 is 0 Å². The quantitative estimate of drug-likeness (QED) is 0.774. The number of ether oxygens (including phenoxy) is 2. The molecule has 102 valence electrons. The highest BCUT2D eigenvalue weighted by Crippen LogP contribution is 2.39. The minimum absolute atomic E-state index is 0.0313. The maximum absolute atomic E-state index is 12.3. The Morgan fingerprint density at radius 1 is 1.11 bits per heavy atom. The van der Waals surface area contributed by atoms with Crippen LogP contribution in [0.3, 0.4) is 0 Å². The summed E-state index contributed by atoms with van der Waals surface area (Å²) in [6.45, 7) is 2.36. The predicted octanol–water partition coefficient (Wildman–Crippen LogP) is 2.72. The van der Waals surface area contributed by atoms with Crippen LogP contribution in [0.2, 0.25) is 0 Å². The molecule has 0 aromatic heterocycles. The van der Waals surface area contributed by atoms with Crippen LogP contribution < -0.4 is 0 Å². The highest BCUT2D eigenvalue weighted by Gasteiger charge is 2.41. The van der Waals surface area contributed by atoms with Gasteiger partial charge in [-0.2, -0.15) is 0 Å². The lowest BCUT2D eigenvalue weighted by Gasteiger charge is -2.43. The lowest BCUT2D eigenvalue weighted by Crippen LogP contribution is -2.46. The Morgan fingerprint density at radius 2 is 1.89 bits per heavy atom. The second-order valence-electron chi connectivity index (χ2n) is 6.30. The lowest BCUT2D eigenvalue weighted by atomic mass is 9.75. The molecule has 3 fully saturated rings. The Hall–Kier alpha value is -0.410. The standard InChI is InChI=1S/C15H24O3/c16-14(10-12-2-1-3-12)13-4-7-18-15(11-13)5-8-17-9-6-15/h12-13H,1-11H2. The Labute approximate surface area is 109 Å². The van der Waals surface area contributed by atoms with Gasteiger partial charge in [-0.05, 0) is 31.6 Å². The fourth-order valence-corrected chi connectivity index (χ4v) is 3.54. The molecule has 0 amide bonds. The summed E-state index contributed by atoms with van der Waals surface area (Å²) in [7, 11) is 0. The molecule has 2 aliphatic heterocycles. The summed E-state index contributed by atoms with van der Waals surface area (Å²) in [5.41, 5.74) is -0.0313. The van der Waals surface area contributed by atoms with Crippen LogP contribution in [0.1, 0.15) is 51.4 Å². The van der Waals surface area contributed by atoms with E-state index < -0.39 is 0 Å². The molecule has 0 N–H and O–H groups in total. The van der Waals surface area contributed by atoms with Gasteiger partial charge >= 0.3 is 0 Å². The third-order valence-electron chi connectivity index (χ3n) is 5.07. The zero-order chi connectivity index (χ0) is 12.4. The molecule has 0 radical (unpaired) electrons. The molecule has 1 saturated carbocycles. The van der Waals surface area contributed by atoms with Crippen LogP contribution in [0.15, 0.2) is 0 Å². The molecule has 3 aliphatic rings. The van der Waals surface area contributed by atoms with Crippen LogP contribution in [-0.2, 0) is 14.3 Å². The van der Waals surface area contributed by atoms with Crippen molar-refractivity contribution in [2.75, 3.05) is 19.8 Å². The number of hydrogen-bond donors (Lipinski definition) is 0. The van der Waals surface area contributed by atoms with E-state index in [0.29, 0.717) is 11.7 Å². The molecule has 3 heteroatoms. The average Bonchev–Trinajstić information content (AvgIpc) is 2.34. The normalized spacial score (nSPS) is 32.1. The van der Waals surface area contributed by atoms with Gasteiger partial charge in [-0.3, -0.25) is 4.79 Å². The van der Waals surface area contributed by atoms with Gasteiger partial charge in [0.2, 0.25) is 0 Å². The van der Waals surface area contributed by atoms with Gasteiger partial charge in [-0.15, -0.1) is 0 Å². The Bertz CT molecular complexity index is 297. The maximum atomic E-state index is 12.3. The van der Waals surface area contributed by atoms with E-state index in [1.165, 1.54) is 19.3 Å². The SMILES string of the molecule is O=C(CC1CCC1)C1CCOC2(CCOCC2)C1. The molecule has 3 rings (SSSR count). The number of ketones is 1. The Kier molecular flexibility index (Phi) is 3.71. The fourth-order valence-electron chi connectivity index (χ4n) is 3.54. The van der Waals surface area contributed by atoms with E-state index in [2.05, 4.69) is 0 Å². The van der Waals surface area contributed by atoms with Gasteiger partial charge in [-0.25, -0.2) is 0 Å². The second-order valence-corrected chi connectivity index (χ2v) is 6.30. The molecule has 0 aromatic carbocycles. The van der Waals surface area contributed by atoms with Crippen molar-refractivity contribution in [1.82, 2.24) is 0 Å². The number of hydrogen-bond acceptors (Lipinski definition) is 3. The Morgan fingerprint density at radius 3 is 2.56 bits per heavy atom. The van der Waals surface area contributed by atoms with Crippen molar-refractivity contribution in [2.45, 2.75) is 57.0 Å². The first-order valence-corrected chi connectivity index (χ1v) is 7.52. The number of Topliss-reactive ketones (excluding diaryl/α,β-unsaturated/α-hetero) is 1. The van der Waals surface area contributed by atoms with Crippen LogP contribution in [0.5, 0.6) is 0 Å². The van der Waals surface area contributed by atoms with E-state index in [4.69, 9.17) is 9.47 Å². The summed E-state index contributed by atoms with van der Waals surface area (Å²) in [6.07, 6.45) is 8.53. The van der Waals surface area contributed by atoms with Gasteiger partial charge in [0, 0.05) is 32.2 Å². The lowest BCUT2D eigenvalue weighted by molar-refractivity contribution is -0.157. The minimum atomic E-state index is -0.0313. The fraction of sp³-hybridized carbons (Fsp3) is 0.933. The second kappa shape index (κ2) is 5.30. The predicted molar refractivity (Wildman–Crippen MR) is 68.4 cm³/mol. The monoisotopic (exact) mass is 252 g/mol. The first-order chi connectivity index (χ1) is 8.77. The van der Waals surface area contributed by atoms with Gasteiger partial charge in [0.05, 0.1) is 5.60 Å². The van der Waals surface area contributed by atoms with Crippen molar-refractivity contribution in [3.63, 3.8) is 0 Å². The van der Waals surface area contributed by atoms with Crippen molar-refractivity contribution in [2.24, 2.45) is 11.8 Å². The van der Waals surface area contributed by atoms with Gasteiger partial charge in [0.1, 0.15) is 5.78 Å². The van der Waals surface area contributed by atoms with Gasteiger partial charge < -0.3 is 9.47 Å². The van der Waals surface area contributed by atoms with Gasteiger partial charge in [0.25, 0.3) is 0 Å². The van der Waals surface area contributed by atoms with E-state index in [-0.39, 0.29) is 11.5 Å². The number of carbonyl (C=O) groups excluding carboxylic acids is 1. The summed E-state index contributed by atoms with van der Waals surface area (Å²) in [4.78, 5) is 12.3.